The van der Waals surface area contributed by atoms with Crippen LogP contribution < -0.4 is 10.1 Å². The zero-order valence-electron chi connectivity index (χ0n) is 17.0. The van der Waals surface area contributed by atoms with Crippen LogP contribution in [0.5, 0.6) is 5.88 Å². The number of amides is 1. The van der Waals surface area contributed by atoms with Crippen molar-refractivity contribution < 1.29 is 14.6 Å². The van der Waals surface area contributed by atoms with Gasteiger partial charge in [-0.05, 0) is 54.8 Å². The molecule has 0 bridgehead atoms. The fourth-order valence-electron chi connectivity index (χ4n) is 3.71. The molecule has 1 aromatic carbocycles. The predicted octanol–water partition coefficient (Wildman–Crippen LogP) is 5.17. The maximum atomic E-state index is 12.9. The summed E-state index contributed by atoms with van der Waals surface area (Å²) in [6.45, 7) is 0.574. The molecule has 0 spiro atoms. The molecule has 9 heteroatoms. The molecule has 1 aromatic heterocycles. The van der Waals surface area contributed by atoms with Gasteiger partial charge in [-0.15, -0.1) is 0 Å². The number of hydrogen-bond donors (Lipinski definition) is 2. The van der Waals surface area contributed by atoms with E-state index in [0.29, 0.717) is 52.2 Å². The minimum absolute atomic E-state index is 0.256. The van der Waals surface area contributed by atoms with E-state index in [-0.39, 0.29) is 11.9 Å². The van der Waals surface area contributed by atoms with Crippen LogP contribution in [0.1, 0.15) is 48.9 Å². The monoisotopic (exact) mass is 441 g/mol. The second-order valence-electron chi connectivity index (χ2n) is 8.12. The Morgan fingerprint density at radius 1 is 1.29 bits per heavy atom. The number of aromatic nitrogens is 1. The summed E-state index contributed by atoms with van der Waals surface area (Å²) in [5.74, 6) is 0.681. The summed E-state index contributed by atoms with van der Waals surface area (Å²) >= 11 is 6.26. The Bertz CT molecular complexity index is 1020. The normalized spacial score (nSPS) is 20.6. The van der Waals surface area contributed by atoms with Gasteiger partial charge in [-0.1, -0.05) is 41.7 Å². The van der Waals surface area contributed by atoms with E-state index in [4.69, 9.17) is 21.9 Å². The average Bonchev–Trinajstić information content (AvgIpc) is 3.60. The molecular formula is C22H24ClN5O3. The van der Waals surface area contributed by atoms with Gasteiger partial charge in [-0.2, -0.15) is 0 Å². The zero-order chi connectivity index (χ0) is 21.8. The van der Waals surface area contributed by atoms with E-state index in [9.17, 15) is 9.90 Å². The Morgan fingerprint density at radius 3 is 2.81 bits per heavy atom. The summed E-state index contributed by atoms with van der Waals surface area (Å²) in [6, 6.07) is 6.50. The third-order valence-corrected chi connectivity index (χ3v) is 6.03. The molecule has 2 fully saturated rings. The highest BCUT2D eigenvalue weighted by Crippen LogP contribution is 2.36. The van der Waals surface area contributed by atoms with Gasteiger partial charge in [0, 0.05) is 16.7 Å². The van der Waals surface area contributed by atoms with Gasteiger partial charge in [0.25, 0.3) is 5.91 Å². The molecule has 2 N–H and O–H groups in total. The Hall–Kier alpha value is -2.80. The maximum Gasteiger partial charge on any atom is 0.253 e. The highest BCUT2D eigenvalue weighted by molar-refractivity contribution is 6.33. The number of benzene rings is 1. The third kappa shape index (κ3) is 5.28. The first-order valence-electron chi connectivity index (χ1n) is 10.5. The molecule has 2 aliphatic rings. The molecule has 31 heavy (non-hydrogen) atoms. The van der Waals surface area contributed by atoms with Crippen molar-refractivity contribution in [1.29, 1.82) is 0 Å². The van der Waals surface area contributed by atoms with E-state index in [1.54, 1.807) is 24.3 Å². The van der Waals surface area contributed by atoms with Gasteiger partial charge in [0.1, 0.15) is 0 Å². The first-order valence-corrected chi connectivity index (χ1v) is 10.9. The van der Waals surface area contributed by atoms with Gasteiger partial charge in [-0.25, -0.2) is 4.98 Å². The number of nitrogens with one attached hydrogen (secondary N) is 1. The summed E-state index contributed by atoms with van der Waals surface area (Å²) in [5.41, 5.74) is 10.7. The SMILES string of the molecule is [N-]=[N+]=Nc1ccc(-c2cc(C(=O)N[C@@H]3CCCC[C@H]3O)cnc2OCC2CC2)cc1Cl. The van der Waals surface area contributed by atoms with Gasteiger partial charge in [0.05, 0.1) is 35.0 Å². The van der Waals surface area contributed by atoms with Crippen LogP contribution in [0.4, 0.5) is 5.69 Å². The first-order chi connectivity index (χ1) is 15.0. The van der Waals surface area contributed by atoms with E-state index in [0.717, 1.165) is 32.1 Å². The highest BCUT2D eigenvalue weighted by Gasteiger charge is 2.26. The number of halogens is 1. The number of pyridine rings is 1. The fraction of sp³-hybridized carbons (Fsp3) is 0.455. The number of nitrogens with zero attached hydrogens (tertiary/aromatic N) is 4. The van der Waals surface area contributed by atoms with E-state index >= 15 is 0 Å². The number of carbonyl (C=O) groups excluding carboxylic acids is 1. The molecule has 0 saturated heterocycles. The Morgan fingerprint density at radius 2 is 2.10 bits per heavy atom. The lowest BCUT2D eigenvalue weighted by atomic mass is 9.92. The topological polar surface area (TPSA) is 120 Å². The zero-order valence-corrected chi connectivity index (χ0v) is 17.8. The molecule has 2 aromatic rings. The highest BCUT2D eigenvalue weighted by atomic mass is 35.5. The lowest BCUT2D eigenvalue weighted by molar-refractivity contribution is 0.0717. The van der Waals surface area contributed by atoms with Gasteiger partial charge in [0.15, 0.2) is 0 Å². The second-order valence-corrected chi connectivity index (χ2v) is 8.53. The average molecular weight is 442 g/mol. The van der Waals surface area contributed by atoms with Crippen molar-refractivity contribution in [3.63, 3.8) is 0 Å². The lowest BCUT2D eigenvalue weighted by Crippen LogP contribution is -2.45. The molecule has 2 atom stereocenters. The number of rotatable bonds is 7. The van der Waals surface area contributed by atoms with E-state index in [1.807, 2.05) is 0 Å². The number of hydrogen-bond acceptors (Lipinski definition) is 5. The van der Waals surface area contributed by atoms with Crippen LogP contribution in [0.25, 0.3) is 21.6 Å². The molecule has 8 nitrogen and oxygen atoms in total. The molecular weight excluding hydrogens is 418 g/mol. The first kappa shape index (κ1) is 21.4. The maximum absolute atomic E-state index is 12.9. The third-order valence-electron chi connectivity index (χ3n) is 5.72. The summed E-state index contributed by atoms with van der Waals surface area (Å²) in [5, 5.41) is 17.0. The van der Waals surface area contributed by atoms with Crippen LogP contribution in [-0.2, 0) is 0 Å². The van der Waals surface area contributed by atoms with Crippen molar-refractivity contribution in [2.75, 3.05) is 6.61 Å². The predicted molar refractivity (Wildman–Crippen MR) is 117 cm³/mol. The van der Waals surface area contributed by atoms with E-state index in [2.05, 4.69) is 20.3 Å². The molecule has 4 rings (SSSR count). The van der Waals surface area contributed by atoms with Crippen molar-refractivity contribution in [3.05, 3.63) is 51.5 Å². The Balaban J connectivity index is 1.63. The van der Waals surface area contributed by atoms with Gasteiger partial charge in [0.2, 0.25) is 5.88 Å². The summed E-state index contributed by atoms with van der Waals surface area (Å²) in [4.78, 5) is 20.0. The van der Waals surface area contributed by atoms with Crippen molar-refractivity contribution in [3.8, 4) is 17.0 Å². The van der Waals surface area contributed by atoms with Crippen LogP contribution in [0, 0.1) is 5.92 Å². The smallest absolute Gasteiger partial charge is 0.253 e. The Kier molecular flexibility index (Phi) is 6.61. The molecule has 162 valence electrons. The molecule has 0 aliphatic heterocycles. The van der Waals surface area contributed by atoms with Gasteiger partial charge in [-0.3, -0.25) is 4.79 Å². The number of carbonyl (C=O) groups is 1. The summed E-state index contributed by atoms with van der Waals surface area (Å²) < 4.78 is 5.93. The van der Waals surface area contributed by atoms with Crippen LogP contribution in [0.15, 0.2) is 35.6 Å². The van der Waals surface area contributed by atoms with E-state index < -0.39 is 6.10 Å². The summed E-state index contributed by atoms with van der Waals surface area (Å²) in [6.07, 6.45) is 6.65. The van der Waals surface area contributed by atoms with Gasteiger partial charge >= 0.3 is 0 Å². The summed E-state index contributed by atoms with van der Waals surface area (Å²) in [7, 11) is 0. The lowest BCUT2D eigenvalue weighted by Gasteiger charge is -2.28. The van der Waals surface area contributed by atoms with Gasteiger partial charge < -0.3 is 15.2 Å². The minimum Gasteiger partial charge on any atom is -0.477 e. The number of aliphatic hydroxyl groups excluding tert-OH is 1. The molecule has 1 heterocycles. The standard InChI is InChI=1S/C22H24ClN5O3/c23-17-10-14(7-8-18(17)27-28-24)16-9-15(11-25-22(16)31-12-13-5-6-13)21(30)26-19-3-1-2-4-20(19)29/h7-11,13,19-20,29H,1-6,12H2,(H,26,30)/t19-,20-/m1/s1. The van der Waals surface area contributed by atoms with Crippen LogP contribution >= 0.6 is 11.6 Å². The fourth-order valence-corrected chi connectivity index (χ4v) is 3.93. The molecule has 0 radical (unpaired) electrons. The van der Waals surface area contributed by atoms with Crippen LogP contribution in [0.2, 0.25) is 5.02 Å². The van der Waals surface area contributed by atoms with E-state index in [1.165, 1.54) is 6.20 Å². The van der Waals surface area contributed by atoms with Crippen LogP contribution in [-0.4, -0.2) is 34.8 Å². The minimum atomic E-state index is -0.529. The molecule has 2 saturated carbocycles. The largest absolute Gasteiger partial charge is 0.477 e. The Labute approximate surface area is 185 Å². The van der Waals surface area contributed by atoms with Crippen molar-refractivity contribution in [2.24, 2.45) is 11.0 Å². The van der Waals surface area contributed by atoms with Crippen LogP contribution in [0.3, 0.4) is 0 Å². The van der Waals surface area contributed by atoms with Crippen molar-refractivity contribution >= 4 is 23.2 Å². The van der Waals surface area contributed by atoms with Crippen molar-refractivity contribution in [2.45, 2.75) is 50.7 Å². The second kappa shape index (κ2) is 9.56. The van der Waals surface area contributed by atoms with Crippen molar-refractivity contribution in [1.82, 2.24) is 10.3 Å². The molecule has 2 aliphatic carbocycles. The quantitative estimate of drug-likeness (QED) is 0.350. The number of ether oxygens (including phenoxy) is 1. The molecule has 0 unspecified atom stereocenters. The number of aliphatic hydroxyl groups is 1. The molecule has 1 amide bonds. The number of azide groups is 1.